The predicted octanol–water partition coefficient (Wildman–Crippen LogP) is 2.57. The summed E-state index contributed by atoms with van der Waals surface area (Å²) in [6, 6.07) is 6.86. The zero-order valence-electron chi connectivity index (χ0n) is 25.1. The van der Waals surface area contributed by atoms with Crippen LogP contribution in [0.2, 0.25) is 0 Å². The summed E-state index contributed by atoms with van der Waals surface area (Å²) in [5.41, 5.74) is 3.18. The Balaban J connectivity index is 1.58. The summed E-state index contributed by atoms with van der Waals surface area (Å²) in [4.78, 5) is 24.4. The van der Waals surface area contributed by atoms with Crippen molar-refractivity contribution in [3.8, 4) is 5.75 Å². The average Bonchev–Trinajstić information content (AvgIpc) is 3.40. The molecule has 0 amide bonds. The Morgan fingerprint density at radius 1 is 1.35 bits per heavy atom. The third-order valence-corrected chi connectivity index (χ3v) is 7.61. The second-order valence-electron chi connectivity index (χ2n) is 9.54. The standard InChI is InChI=1S/C24H33FN7O7P/c1-13(2)37-21(34)14(3)31-40(35,39-15-9-7-6-8-10-15)36-11-16-18(33)24(4,25)22(38-16)32-12-28-17-19(27-5)29-23(26)30-20(17)32/h6-10,12-14,16,18,22,33H,11H2,1-5H3,(H,31,35)(H3,26,27,29,30)/t14-,16-,18-,22-,24-,40-/m1/s1/i5D3. The number of carbonyl (C=O) groups excluding carboxylic acids is 1. The SMILES string of the molecule is [2H]C([2H])([2H])Nc1nc(N)nc2c1ncn2[C@@H]1O[C@H](CO[P@](=O)(N[C@H](C)C(=O)OC(C)C)Oc2ccccc2)[C@@H](O)[C@@]1(C)F. The molecule has 1 saturated heterocycles. The number of alkyl halides is 1. The molecule has 1 aliphatic heterocycles. The van der Waals surface area contributed by atoms with Crippen LogP contribution in [0.25, 0.3) is 11.2 Å². The Morgan fingerprint density at radius 3 is 2.75 bits per heavy atom. The van der Waals surface area contributed by atoms with Gasteiger partial charge in [-0.05, 0) is 39.8 Å². The highest BCUT2D eigenvalue weighted by Crippen LogP contribution is 2.48. The number of imidazole rings is 1. The van der Waals surface area contributed by atoms with E-state index in [4.69, 9.17) is 28.4 Å². The van der Waals surface area contributed by atoms with E-state index in [1.807, 2.05) is 0 Å². The highest BCUT2D eigenvalue weighted by molar-refractivity contribution is 7.52. The van der Waals surface area contributed by atoms with E-state index >= 15 is 4.39 Å². The van der Waals surface area contributed by atoms with Crippen LogP contribution in [0.4, 0.5) is 16.2 Å². The molecule has 0 radical (unpaired) electrons. The van der Waals surface area contributed by atoms with Crippen molar-refractivity contribution >= 4 is 36.6 Å². The van der Waals surface area contributed by atoms with Crippen molar-refractivity contribution < 1.29 is 41.5 Å². The average molecular weight is 585 g/mol. The van der Waals surface area contributed by atoms with Crippen molar-refractivity contribution in [2.24, 2.45) is 0 Å². The topological polar surface area (TPSA) is 185 Å². The number of nitrogens with one attached hydrogen (secondary N) is 2. The zero-order chi connectivity index (χ0) is 31.7. The third-order valence-electron chi connectivity index (χ3n) is 5.96. The molecule has 3 heterocycles. The van der Waals surface area contributed by atoms with Crippen LogP contribution in [0, 0.1) is 0 Å². The van der Waals surface area contributed by atoms with Gasteiger partial charge >= 0.3 is 13.7 Å². The number of carbonyl (C=O) groups is 1. The maximum Gasteiger partial charge on any atom is 0.459 e. The second-order valence-corrected chi connectivity index (χ2v) is 11.2. The number of benzene rings is 1. The normalized spacial score (nSPS) is 26.5. The molecule has 4 rings (SSSR count). The second kappa shape index (κ2) is 11.6. The quantitative estimate of drug-likeness (QED) is 0.191. The zero-order valence-corrected chi connectivity index (χ0v) is 23.0. The predicted molar refractivity (Wildman–Crippen MR) is 143 cm³/mol. The Hall–Kier alpha value is -3.36. The first-order valence-electron chi connectivity index (χ1n) is 13.8. The van der Waals surface area contributed by atoms with E-state index in [1.165, 1.54) is 19.1 Å². The van der Waals surface area contributed by atoms with Crippen LogP contribution >= 0.6 is 7.75 Å². The molecular formula is C24H33FN7O7P. The smallest absolute Gasteiger partial charge is 0.459 e. The summed E-state index contributed by atoms with van der Waals surface area (Å²) < 4.78 is 75.5. The molecule has 1 fully saturated rings. The fourth-order valence-corrected chi connectivity index (χ4v) is 5.55. The monoisotopic (exact) mass is 584 g/mol. The van der Waals surface area contributed by atoms with Gasteiger partial charge in [0.05, 0.1) is 19.0 Å². The van der Waals surface area contributed by atoms with Gasteiger partial charge in [-0.1, -0.05) is 18.2 Å². The number of aromatic nitrogens is 4. The molecule has 3 aromatic rings. The van der Waals surface area contributed by atoms with Crippen molar-refractivity contribution in [3.63, 3.8) is 0 Å². The molecule has 16 heteroatoms. The summed E-state index contributed by atoms with van der Waals surface area (Å²) >= 11 is 0. The molecular weight excluding hydrogens is 548 g/mol. The molecule has 0 unspecified atom stereocenters. The van der Waals surface area contributed by atoms with Gasteiger partial charge in [0.1, 0.15) is 24.0 Å². The number of nitrogens with zero attached hydrogens (tertiary/aromatic N) is 4. The maximum atomic E-state index is 16.1. The lowest BCUT2D eigenvalue weighted by Crippen LogP contribution is -2.41. The number of nitrogen functional groups attached to an aromatic ring is 1. The van der Waals surface area contributed by atoms with Crippen LogP contribution in [0.3, 0.4) is 0 Å². The third kappa shape index (κ3) is 6.18. The van der Waals surface area contributed by atoms with E-state index in [2.05, 4.69) is 25.4 Å². The van der Waals surface area contributed by atoms with Crippen molar-refractivity contribution in [2.45, 2.75) is 63.9 Å². The lowest BCUT2D eigenvalue weighted by molar-refractivity contribution is -0.149. The van der Waals surface area contributed by atoms with Crippen LogP contribution < -0.4 is 20.7 Å². The Kier molecular flexibility index (Phi) is 7.44. The Labute approximate surface area is 234 Å². The van der Waals surface area contributed by atoms with Gasteiger partial charge in [-0.15, -0.1) is 0 Å². The number of aliphatic hydroxyl groups is 1. The fraction of sp³-hybridized carbons (Fsp3) is 0.500. The molecule has 6 atom stereocenters. The van der Waals surface area contributed by atoms with Crippen LogP contribution in [-0.2, 0) is 23.4 Å². The first kappa shape index (κ1) is 25.6. The van der Waals surface area contributed by atoms with Gasteiger partial charge in [0.2, 0.25) is 5.95 Å². The van der Waals surface area contributed by atoms with E-state index in [0.29, 0.717) is 0 Å². The minimum Gasteiger partial charge on any atom is -0.462 e. The number of anilines is 2. The fourth-order valence-electron chi connectivity index (χ4n) is 4.05. The first-order valence-corrected chi connectivity index (χ1v) is 13.8. The van der Waals surface area contributed by atoms with Crippen LogP contribution in [0.1, 0.15) is 38.0 Å². The van der Waals surface area contributed by atoms with E-state index < -0.39 is 63.5 Å². The van der Waals surface area contributed by atoms with Gasteiger partial charge in [0.25, 0.3) is 0 Å². The van der Waals surface area contributed by atoms with Gasteiger partial charge in [0, 0.05) is 11.1 Å². The number of rotatable bonds is 11. The molecule has 14 nitrogen and oxygen atoms in total. The molecule has 40 heavy (non-hydrogen) atoms. The van der Waals surface area contributed by atoms with E-state index in [9.17, 15) is 14.5 Å². The molecule has 218 valence electrons. The largest absolute Gasteiger partial charge is 0.462 e. The molecule has 0 aliphatic carbocycles. The molecule has 2 aromatic heterocycles. The minimum absolute atomic E-state index is 0.0360. The first-order chi connectivity index (χ1) is 20.0. The number of halogens is 1. The molecule has 5 N–H and O–H groups in total. The molecule has 0 bridgehead atoms. The van der Waals surface area contributed by atoms with E-state index in [1.54, 1.807) is 32.0 Å². The number of para-hydroxylation sites is 1. The van der Waals surface area contributed by atoms with Gasteiger partial charge in [0.15, 0.2) is 28.9 Å². The van der Waals surface area contributed by atoms with Crippen molar-refractivity contribution in [1.29, 1.82) is 0 Å². The highest BCUT2D eigenvalue weighted by Gasteiger charge is 2.56. The van der Waals surface area contributed by atoms with Crippen molar-refractivity contribution in [2.75, 3.05) is 24.6 Å². The number of ether oxygens (including phenoxy) is 2. The molecule has 0 spiro atoms. The van der Waals surface area contributed by atoms with E-state index in [0.717, 1.165) is 17.8 Å². The number of hydrogen-bond acceptors (Lipinski definition) is 12. The van der Waals surface area contributed by atoms with Gasteiger partial charge in [-0.25, -0.2) is 13.9 Å². The van der Waals surface area contributed by atoms with Crippen molar-refractivity contribution in [1.82, 2.24) is 24.6 Å². The summed E-state index contributed by atoms with van der Waals surface area (Å²) in [7, 11) is -4.35. The molecule has 0 saturated carbocycles. The van der Waals surface area contributed by atoms with Gasteiger partial charge < -0.3 is 30.2 Å². The van der Waals surface area contributed by atoms with Crippen LogP contribution in [0.5, 0.6) is 5.75 Å². The van der Waals surface area contributed by atoms with E-state index in [-0.39, 0.29) is 28.7 Å². The van der Waals surface area contributed by atoms with Gasteiger partial charge in [-0.3, -0.25) is 13.9 Å². The Morgan fingerprint density at radius 2 is 2.08 bits per heavy atom. The number of fused-ring (bicyclic) bond motifs is 1. The van der Waals surface area contributed by atoms with Crippen LogP contribution in [-0.4, -0.2) is 74.2 Å². The summed E-state index contributed by atoms with van der Waals surface area (Å²) in [5.74, 6) is -1.11. The number of nitrogens with two attached hydrogens (primary N) is 1. The highest BCUT2D eigenvalue weighted by atomic mass is 31.2. The number of hydrogen-bond donors (Lipinski definition) is 4. The van der Waals surface area contributed by atoms with Crippen LogP contribution in [0.15, 0.2) is 36.7 Å². The lowest BCUT2D eigenvalue weighted by atomic mass is 9.98. The molecule has 1 aromatic carbocycles. The summed E-state index contributed by atoms with van der Waals surface area (Å²) in [6.07, 6.45) is -4.08. The number of aliphatic hydroxyl groups excluding tert-OH is 1. The summed E-state index contributed by atoms with van der Waals surface area (Å²) in [6.45, 7) is 2.50. The summed E-state index contributed by atoms with van der Waals surface area (Å²) in [5, 5.41) is 15.6. The van der Waals surface area contributed by atoms with Gasteiger partial charge in [-0.2, -0.15) is 15.1 Å². The molecule has 1 aliphatic rings. The lowest BCUT2D eigenvalue weighted by Gasteiger charge is -2.25. The van der Waals surface area contributed by atoms with Crippen molar-refractivity contribution in [3.05, 3.63) is 36.7 Å². The minimum atomic E-state index is -4.35. The maximum absolute atomic E-state index is 16.1. The number of esters is 1. The Bertz CT molecular complexity index is 1500.